The van der Waals surface area contributed by atoms with Gasteiger partial charge in [0, 0.05) is 0 Å². The zero-order chi connectivity index (χ0) is 11.6. The molecule has 0 nitrogen and oxygen atoms in total. The molecule has 0 aromatic rings. The minimum atomic E-state index is 0.765. The van der Waals surface area contributed by atoms with Crippen molar-refractivity contribution in [1.29, 1.82) is 0 Å². The van der Waals surface area contributed by atoms with E-state index in [0.29, 0.717) is 0 Å². The average molecular weight is 232 g/mol. The van der Waals surface area contributed by atoms with Gasteiger partial charge in [-0.25, -0.2) is 0 Å². The van der Waals surface area contributed by atoms with Gasteiger partial charge in [-0.15, -0.1) is 0 Å². The van der Waals surface area contributed by atoms with Gasteiger partial charge in [0.15, 0.2) is 0 Å². The lowest BCUT2D eigenvalue weighted by Crippen LogP contribution is -2.35. The summed E-state index contributed by atoms with van der Waals surface area (Å²) in [5, 5.41) is 0. The molecule has 4 fully saturated rings. The minimum absolute atomic E-state index is 0.765. The van der Waals surface area contributed by atoms with E-state index in [2.05, 4.69) is 13.8 Å². The Kier molecular flexibility index (Phi) is 2.25. The predicted molar refractivity (Wildman–Crippen MR) is 71.7 cm³/mol. The maximum atomic E-state index is 2.69. The molecule has 0 radical (unpaired) electrons. The van der Waals surface area contributed by atoms with Crippen molar-refractivity contribution in [3.63, 3.8) is 0 Å². The number of hydrogen-bond donors (Lipinski definition) is 0. The number of hydrogen-bond acceptors (Lipinski definition) is 0. The van der Waals surface area contributed by atoms with Crippen molar-refractivity contribution in [3.8, 4) is 0 Å². The van der Waals surface area contributed by atoms with E-state index in [9.17, 15) is 0 Å². The van der Waals surface area contributed by atoms with Crippen LogP contribution in [0.3, 0.4) is 0 Å². The van der Waals surface area contributed by atoms with Crippen molar-refractivity contribution < 1.29 is 0 Å². The smallest absolute Gasteiger partial charge is 0.0264 e. The van der Waals surface area contributed by atoms with Crippen LogP contribution in [0.2, 0.25) is 0 Å². The summed E-state index contributed by atoms with van der Waals surface area (Å²) in [6, 6.07) is 0. The van der Waals surface area contributed by atoms with Crippen LogP contribution in [0.15, 0.2) is 0 Å². The van der Waals surface area contributed by atoms with Gasteiger partial charge in [-0.05, 0) is 79.4 Å². The molecular formula is C17H28. The second kappa shape index (κ2) is 3.52. The molecular weight excluding hydrogens is 204 g/mol. The molecule has 0 heterocycles. The van der Waals surface area contributed by atoms with Gasteiger partial charge >= 0.3 is 0 Å². The summed E-state index contributed by atoms with van der Waals surface area (Å²) >= 11 is 0. The minimum Gasteiger partial charge on any atom is -0.0622 e. The van der Waals surface area contributed by atoms with E-state index in [1.54, 1.807) is 51.4 Å². The van der Waals surface area contributed by atoms with Crippen molar-refractivity contribution in [2.45, 2.75) is 65.2 Å². The average Bonchev–Trinajstić information content (AvgIpc) is 2.99. The lowest BCUT2D eigenvalue weighted by molar-refractivity contribution is 0.0645. The predicted octanol–water partition coefficient (Wildman–Crippen LogP) is 4.89. The number of rotatable bonds is 1. The third-order valence-electron chi connectivity index (χ3n) is 7.55. The maximum Gasteiger partial charge on any atom is -0.0264 e. The fourth-order valence-electron chi connectivity index (χ4n) is 6.83. The van der Waals surface area contributed by atoms with Gasteiger partial charge in [0.2, 0.25) is 0 Å². The highest BCUT2D eigenvalue weighted by atomic mass is 14.6. The highest BCUT2D eigenvalue weighted by Gasteiger charge is 2.57. The number of fused-ring (bicyclic) bond motifs is 3. The molecule has 0 aromatic carbocycles. The van der Waals surface area contributed by atoms with Crippen LogP contribution < -0.4 is 0 Å². The molecule has 4 aliphatic rings. The van der Waals surface area contributed by atoms with Gasteiger partial charge in [-0.1, -0.05) is 26.7 Å². The monoisotopic (exact) mass is 232 g/mol. The zero-order valence-corrected chi connectivity index (χ0v) is 11.6. The molecule has 7 atom stereocenters. The fraction of sp³-hybridized carbons (Fsp3) is 1.00. The summed E-state index contributed by atoms with van der Waals surface area (Å²) in [5.41, 5.74) is 0.765. The van der Waals surface area contributed by atoms with Gasteiger partial charge in [-0.2, -0.15) is 0 Å². The molecule has 4 rings (SSSR count). The van der Waals surface area contributed by atoms with E-state index in [1.807, 2.05) is 0 Å². The first-order chi connectivity index (χ1) is 8.18. The zero-order valence-electron chi connectivity index (χ0n) is 11.6. The lowest BCUT2D eigenvalue weighted by atomic mass is 9.62. The maximum absolute atomic E-state index is 2.69. The third kappa shape index (κ3) is 1.36. The van der Waals surface area contributed by atoms with Gasteiger partial charge < -0.3 is 0 Å². The lowest BCUT2D eigenvalue weighted by Gasteiger charge is -2.42. The van der Waals surface area contributed by atoms with Crippen LogP contribution in [0.25, 0.3) is 0 Å². The molecule has 0 heteroatoms. The third-order valence-corrected chi connectivity index (χ3v) is 7.55. The molecule has 7 unspecified atom stereocenters. The topological polar surface area (TPSA) is 0 Å². The molecule has 0 aliphatic heterocycles. The van der Waals surface area contributed by atoms with Crippen LogP contribution in [-0.4, -0.2) is 0 Å². The van der Waals surface area contributed by atoms with Crippen molar-refractivity contribution in [2.75, 3.05) is 0 Å². The molecule has 0 spiro atoms. The van der Waals surface area contributed by atoms with E-state index in [4.69, 9.17) is 0 Å². The highest BCUT2D eigenvalue weighted by molar-refractivity contribution is 5.07. The normalized spacial score (nSPS) is 61.1. The molecule has 0 amide bonds. The fourth-order valence-corrected chi connectivity index (χ4v) is 6.83. The van der Waals surface area contributed by atoms with E-state index in [0.717, 1.165) is 40.9 Å². The van der Waals surface area contributed by atoms with Crippen molar-refractivity contribution >= 4 is 0 Å². The van der Waals surface area contributed by atoms with Crippen LogP contribution in [0, 0.1) is 40.9 Å². The second-order valence-corrected chi connectivity index (χ2v) is 8.16. The van der Waals surface area contributed by atoms with Crippen molar-refractivity contribution in [3.05, 3.63) is 0 Å². The van der Waals surface area contributed by atoms with Gasteiger partial charge in [0.1, 0.15) is 0 Å². The largest absolute Gasteiger partial charge is 0.0622 e. The van der Waals surface area contributed by atoms with E-state index < -0.39 is 0 Å². The van der Waals surface area contributed by atoms with Crippen LogP contribution in [0.5, 0.6) is 0 Å². The van der Waals surface area contributed by atoms with E-state index >= 15 is 0 Å². The standard InChI is InChI=1S/C17H28/c1-11-8-16(15-5-3-4-14(11)15)17(2)10-12-6-7-13(17)9-12/h11-16H,3-10H2,1-2H3. The Bertz CT molecular complexity index is 320. The summed E-state index contributed by atoms with van der Waals surface area (Å²) < 4.78 is 0. The molecule has 4 saturated carbocycles. The summed E-state index contributed by atoms with van der Waals surface area (Å²) in [6.45, 7) is 5.24. The Morgan fingerprint density at radius 1 is 0.941 bits per heavy atom. The Morgan fingerprint density at radius 2 is 1.76 bits per heavy atom. The molecule has 0 aromatic heterocycles. The summed E-state index contributed by atoms with van der Waals surface area (Å²) in [4.78, 5) is 0. The van der Waals surface area contributed by atoms with E-state index in [-0.39, 0.29) is 0 Å². The molecule has 17 heavy (non-hydrogen) atoms. The quantitative estimate of drug-likeness (QED) is 0.604. The SMILES string of the molecule is CC1CC(C2(C)CC3CCC2C3)C2CCCC12. The molecule has 0 N–H and O–H groups in total. The summed E-state index contributed by atoms with van der Waals surface area (Å²) in [7, 11) is 0. The molecule has 96 valence electrons. The summed E-state index contributed by atoms with van der Waals surface area (Å²) in [6.07, 6.45) is 12.6. The van der Waals surface area contributed by atoms with Gasteiger partial charge in [-0.3, -0.25) is 0 Å². The Hall–Kier alpha value is 0. The van der Waals surface area contributed by atoms with Gasteiger partial charge in [0.25, 0.3) is 0 Å². The molecule has 4 aliphatic carbocycles. The van der Waals surface area contributed by atoms with Crippen LogP contribution in [0.4, 0.5) is 0 Å². The molecule has 2 bridgehead atoms. The van der Waals surface area contributed by atoms with Gasteiger partial charge in [0.05, 0.1) is 0 Å². The van der Waals surface area contributed by atoms with Crippen molar-refractivity contribution in [2.24, 2.45) is 40.9 Å². The van der Waals surface area contributed by atoms with E-state index in [1.165, 1.54) is 0 Å². The van der Waals surface area contributed by atoms with Crippen LogP contribution in [-0.2, 0) is 0 Å². The van der Waals surface area contributed by atoms with Crippen molar-refractivity contribution in [1.82, 2.24) is 0 Å². The first kappa shape index (κ1) is 10.9. The second-order valence-electron chi connectivity index (χ2n) is 8.16. The Balaban J connectivity index is 1.62. The summed E-state index contributed by atoms with van der Waals surface area (Å²) in [5.74, 6) is 6.65. The first-order valence-corrected chi connectivity index (χ1v) is 8.18. The van der Waals surface area contributed by atoms with Crippen LogP contribution in [0.1, 0.15) is 65.2 Å². The Labute approximate surface area is 107 Å². The van der Waals surface area contributed by atoms with Crippen LogP contribution >= 0.6 is 0 Å². The first-order valence-electron chi connectivity index (χ1n) is 8.18. The molecule has 0 saturated heterocycles. The highest BCUT2D eigenvalue weighted by Crippen LogP contribution is 2.66. The Morgan fingerprint density at radius 3 is 2.47 bits per heavy atom.